The topological polar surface area (TPSA) is 101 Å². The molecular formula is C27H26FN3O4S. The Morgan fingerprint density at radius 1 is 1.14 bits per heavy atom. The summed E-state index contributed by atoms with van der Waals surface area (Å²) in [5.41, 5.74) is 5.24. The van der Waals surface area contributed by atoms with E-state index in [1.807, 2.05) is 24.4 Å². The van der Waals surface area contributed by atoms with Crippen LogP contribution in [0.1, 0.15) is 35.2 Å². The van der Waals surface area contributed by atoms with Gasteiger partial charge in [-0.05, 0) is 78.8 Å². The molecule has 2 N–H and O–H groups in total. The van der Waals surface area contributed by atoms with Crippen LogP contribution in [0, 0.1) is 5.82 Å². The van der Waals surface area contributed by atoms with Crippen molar-refractivity contribution in [1.29, 1.82) is 0 Å². The van der Waals surface area contributed by atoms with Gasteiger partial charge in [0, 0.05) is 41.6 Å². The molecule has 36 heavy (non-hydrogen) atoms. The minimum Gasteiger partial charge on any atom is -0.481 e. The van der Waals surface area contributed by atoms with E-state index in [1.165, 1.54) is 12.1 Å². The molecule has 7 nitrogen and oxygen atoms in total. The van der Waals surface area contributed by atoms with Crippen molar-refractivity contribution >= 4 is 26.9 Å². The van der Waals surface area contributed by atoms with Gasteiger partial charge in [0.2, 0.25) is 10.0 Å². The molecule has 0 aliphatic heterocycles. The number of aliphatic carboxylic acids is 1. The summed E-state index contributed by atoms with van der Waals surface area (Å²) in [7, 11) is -3.80. The van der Waals surface area contributed by atoms with Gasteiger partial charge in [-0.3, -0.25) is 9.78 Å². The zero-order chi connectivity index (χ0) is 25.3. The van der Waals surface area contributed by atoms with Crippen molar-refractivity contribution in [1.82, 2.24) is 14.3 Å². The molecular weight excluding hydrogens is 481 g/mol. The molecule has 0 saturated carbocycles. The van der Waals surface area contributed by atoms with E-state index in [4.69, 9.17) is 0 Å². The quantitative estimate of drug-likeness (QED) is 0.374. The van der Waals surface area contributed by atoms with E-state index in [9.17, 15) is 22.7 Å². The Morgan fingerprint density at radius 2 is 1.94 bits per heavy atom. The third-order valence-corrected chi connectivity index (χ3v) is 8.19. The average molecular weight is 508 g/mol. The third-order valence-electron chi connectivity index (χ3n) is 6.66. The second-order valence-electron chi connectivity index (χ2n) is 9.13. The summed E-state index contributed by atoms with van der Waals surface area (Å²) in [4.78, 5) is 15.6. The molecule has 0 fully saturated rings. The van der Waals surface area contributed by atoms with Crippen molar-refractivity contribution in [2.75, 3.05) is 0 Å². The number of hydrogen-bond donors (Lipinski definition) is 2. The smallest absolute Gasteiger partial charge is 0.305 e. The van der Waals surface area contributed by atoms with E-state index in [2.05, 4.69) is 26.4 Å². The third kappa shape index (κ3) is 5.03. The average Bonchev–Trinajstić information content (AvgIpc) is 3.15. The summed E-state index contributed by atoms with van der Waals surface area (Å²) in [6.45, 7) is 0.351. The van der Waals surface area contributed by atoms with Crippen LogP contribution in [-0.2, 0) is 40.6 Å². The van der Waals surface area contributed by atoms with Crippen molar-refractivity contribution in [2.24, 2.45) is 0 Å². The lowest BCUT2D eigenvalue weighted by atomic mass is 9.91. The highest BCUT2D eigenvalue weighted by Crippen LogP contribution is 2.34. The molecule has 0 spiro atoms. The van der Waals surface area contributed by atoms with Gasteiger partial charge in [0.05, 0.1) is 11.3 Å². The molecule has 0 saturated heterocycles. The van der Waals surface area contributed by atoms with Crippen molar-refractivity contribution in [3.63, 3.8) is 0 Å². The van der Waals surface area contributed by atoms with Crippen LogP contribution in [0.15, 0.2) is 71.9 Å². The predicted octanol–water partition coefficient (Wildman–Crippen LogP) is 4.08. The lowest BCUT2D eigenvalue weighted by Gasteiger charge is -2.25. The van der Waals surface area contributed by atoms with E-state index < -0.39 is 21.8 Å². The van der Waals surface area contributed by atoms with Crippen LogP contribution < -0.4 is 4.72 Å². The summed E-state index contributed by atoms with van der Waals surface area (Å²) in [6.07, 6.45) is 5.98. The second-order valence-corrected chi connectivity index (χ2v) is 10.8. The number of carboxylic acid groups (broad SMARTS) is 1. The number of pyridine rings is 1. The fourth-order valence-electron chi connectivity index (χ4n) is 5.01. The molecule has 1 aliphatic carbocycles. The van der Waals surface area contributed by atoms with Crippen LogP contribution in [0.25, 0.3) is 10.9 Å². The number of fused-ring (bicyclic) bond motifs is 3. The largest absolute Gasteiger partial charge is 0.481 e. The number of halogens is 1. The van der Waals surface area contributed by atoms with E-state index in [0.29, 0.717) is 32.2 Å². The Bertz CT molecular complexity index is 1520. The van der Waals surface area contributed by atoms with E-state index >= 15 is 0 Å². The summed E-state index contributed by atoms with van der Waals surface area (Å²) in [5.74, 6) is -1.36. The monoisotopic (exact) mass is 507 g/mol. The first-order chi connectivity index (χ1) is 17.3. The molecule has 5 rings (SSSR count). The molecule has 1 atom stereocenters. The Labute approximate surface area is 208 Å². The summed E-state index contributed by atoms with van der Waals surface area (Å²) in [5, 5.41) is 10.3. The summed E-state index contributed by atoms with van der Waals surface area (Å²) in [6, 6.07) is 14.6. The molecule has 2 aromatic carbocycles. The molecule has 1 aliphatic rings. The van der Waals surface area contributed by atoms with Crippen LogP contribution in [-0.4, -0.2) is 35.1 Å². The summed E-state index contributed by atoms with van der Waals surface area (Å²) < 4.78 is 43.9. The minimum atomic E-state index is -3.80. The van der Waals surface area contributed by atoms with Gasteiger partial charge in [-0.2, -0.15) is 0 Å². The van der Waals surface area contributed by atoms with E-state index in [-0.39, 0.29) is 17.4 Å². The Hall–Kier alpha value is -3.56. The highest BCUT2D eigenvalue weighted by atomic mass is 32.2. The van der Waals surface area contributed by atoms with Gasteiger partial charge in [-0.1, -0.05) is 18.2 Å². The molecule has 1 unspecified atom stereocenters. The SMILES string of the molecule is O=C(O)CCn1c2c(c3ccc(Cc4cccnc4)cc31)CC(NS(=O)(=O)c1ccc(F)cc1)CC2. The number of rotatable bonds is 8. The van der Waals surface area contributed by atoms with Crippen LogP contribution in [0.5, 0.6) is 0 Å². The number of carbonyl (C=O) groups is 1. The molecule has 0 amide bonds. The number of benzene rings is 2. The first-order valence-electron chi connectivity index (χ1n) is 11.8. The number of aromatic nitrogens is 2. The number of carboxylic acids is 1. The highest BCUT2D eigenvalue weighted by molar-refractivity contribution is 7.89. The van der Waals surface area contributed by atoms with E-state index in [1.54, 1.807) is 6.20 Å². The van der Waals surface area contributed by atoms with Crippen LogP contribution >= 0.6 is 0 Å². The molecule has 2 heterocycles. The van der Waals surface area contributed by atoms with Gasteiger partial charge in [0.25, 0.3) is 0 Å². The van der Waals surface area contributed by atoms with Crippen LogP contribution in [0.4, 0.5) is 4.39 Å². The molecule has 9 heteroatoms. The van der Waals surface area contributed by atoms with Gasteiger partial charge in [0.1, 0.15) is 5.82 Å². The number of nitrogens with zero attached hydrogens (tertiary/aromatic N) is 2. The standard InChI is InChI=1S/C27H26FN3O4S/c28-20-4-7-22(8-5-20)36(34,35)30-21-6-10-25-24(16-21)23-9-3-18(14-19-2-1-12-29-17-19)15-26(23)31(25)13-11-27(32)33/h1-5,7-9,12,15,17,21,30H,6,10-11,13-14,16H2,(H,32,33). The highest BCUT2D eigenvalue weighted by Gasteiger charge is 2.29. The summed E-state index contributed by atoms with van der Waals surface area (Å²) >= 11 is 0. The second kappa shape index (κ2) is 9.83. The zero-order valence-electron chi connectivity index (χ0n) is 19.5. The molecule has 4 aromatic rings. The van der Waals surface area contributed by atoms with Gasteiger partial charge in [-0.15, -0.1) is 0 Å². The number of aryl methyl sites for hydroxylation is 1. The van der Waals surface area contributed by atoms with Gasteiger partial charge in [0.15, 0.2) is 0 Å². The normalized spacial score (nSPS) is 15.6. The van der Waals surface area contributed by atoms with Crippen molar-refractivity contribution in [3.8, 4) is 0 Å². The molecule has 0 radical (unpaired) electrons. The van der Waals surface area contributed by atoms with E-state index in [0.717, 1.165) is 45.4 Å². The Balaban J connectivity index is 1.46. The Kier molecular flexibility index (Phi) is 6.59. The lowest BCUT2D eigenvalue weighted by Crippen LogP contribution is -2.39. The van der Waals surface area contributed by atoms with Crippen LogP contribution in [0.2, 0.25) is 0 Å². The molecule has 0 bridgehead atoms. The van der Waals surface area contributed by atoms with Crippen LogP contribution in [0.3, 0.4) is 0 Å². The first-order valence-corrected chi connectivity index (χ1v) is 13.3. The minimum absolute atomic E-state index is 0.00365. The molecule has 186 valence electrons. The maximum absolute atomic E-state index is 13.3. The van der Waals surface area contributed by atoms with Gasteiger partial charge < -0.3 is 9.67 Å². The maximum atomic E-state index is 13.3. The predicted molar refractivity (Wildman–Crippen MR) is 134 cm³/mol. The Morgan fingerprint density at radius 3 is 2.67 bits per heavy atom. The first kappa shape index (κ1) is 24.1. The fraction of sp³-hybridized carbons (Fsp3) is 0.259. The van der Waals surface area contributed by atoms with Gasteiger partial charge in [-0.25, -0.2) is 17.5 Å². The van der Waals surface area contributed by atoms with Crippen molar-refractivity contribution < 1.29 is 22.7 Å². The maximum Gasteiger partial charge on any atom is 0.305 e. The zero-order valence-corrected chi connectivity index (χ0v) is 20.3. The number of nitrogens with one attached hydrogen (secondary N) is 1. The number of hydrogen-bond acceptors (Lipinski definition) is 4. The van der Waals surface area contributed by atoms with Crippen molar-refractivity contribution in [2.45, 2.75) is 49.6 Å². The van der Waals surface area contributed by atoms with Crippen molar-refractivity contribution in [3.05, 3.63) is 95.2 Å². The fourth-order valence-corrected chi connectivity index (χ4v) is 6.28. The lowest BCUT2D eigenvalue weighted by molar-refractivity contribution is -0.137. The molecule has 2 aromatic heterocycles. The number of sulfonamides is 1. The van der Waals surface area contributed by atoms with Gasteiger partial charge >= 0.3 is 5.97 Å².